The quantitative estimate of drug-likeness (QED) is 0.580. The Morgan fingerprint density at radius 2 is 2.22 bits per heavy atom. The van der Waals surface area contributed by atoms with E-state index >= 15 is 0 Å². The molecule has 0 spiro atoms. The number of aryl methyl sites for hydroxylation is 1. The second-order valence-electron chi connectivity index (χ2n) is 4.64. The largest absolute Gasteiger partial charge is 0.481 e. The Morgan fingerprint density at radius 3 is 2.83 bits per heavy atom. The molecule has 6 heteroatoms. The lowest BCUT2D eigenvalue weighted by Gasteiger charge is -2.07. The van der Waals surface area contributed by atoms with E-state index < -0.39 is 5.97 Å². The molecule has 0 aromatic carbocycles. The van der Waals surface area contributed by atoms with E-state index in [2.05, 4.69) is 21.7 Å². The van der Waals surface area contributed by atoms with Crippen molar-refractivity contribution in [3.8, 4) is 0 Å². The standard InChI is InChI=1S/C12H19N3O2S/c1-2-3-4-5-10-13-14-12(18-8-11(16)17)15(10)9-6-7-9/h9H,2-8H2,1H3,(H,16,17). The lowest BCUT2D eigenvalue weighted by molar-refractivity contribution is -0.133. The minimum Gasteiger partial charge on any atom is -0.481 e. The molecule has 1 aliphatic rings. The molecule has 1 aromatic rings. The predicted octanol–water partition coefficient (Wildman–Crippen LogP) is 2.52. The predicted molar refractivity (Wildman–Crippen MR) is 69.9 cm³/mol. The number of nitrogens with zero attached hydrogens (tertiary/aromatic N) is 3. The molecular formula is C12H19N3O2S. The van der Waals surface area contributed by atoms with Crippen molar-refractivity contribution in [3.05, 3.63) is 5.82 Å². The summed E-state index contributed by atoms with van der Waals surface area (Å²) in [5.74, 6) is 0.275. The van der Waals surface area contributed by atoms with Crippen LogP contribution in [0.2, 0.25) is 0 Å². The fraction of sp³-hybridized carbons (Fsp3) is 0.750. The number of carbonyl (C=O) groups is 1. The van der Waals surface area contributed by atoms with Gasteiger partial charge in [-0.05, 0) is 19.3 Å². The van der Waals surface area contributed by atoms with Crippen molar-refractivity contribution in [2.45, 2.75) is 56.6 Å². The van der Waals surface area contributed by atoms with Gasteiger partial charge in [0.15, 0.2) is 5.16 Å². The van der Waals surface area contributed by atoms with Crippen LogP contribution in [-0.2, 0) is 11.2 Å². The summed E-state index contributed by atoms with van der Waals surface area (Å²) in [6.07, 6.45) is 6.81. The van der Waals surface area contributed by atoms with Crippen LogP contribution in [0, 0.1) is 0 Å². The van der Waals surface area contributed by atoms with Crippen molar-refractivity contribution in [1.29, 1.82) is 0 Å². The number of hydrogen-bond acceptors (Lipinski definition) is 4. The Hall–Kier alpha value is -1.04. The second kappa shape index (κ2) is 6.22. The smallest absolute Gasteiger partial charge is 0.313 e. The first kappa shape index (κ1) is 13.4. The molecule has 1 saturated carbocycles. The molecule has 1 fully saturated rings. The van der Waals surface area contributed by atoms with Crippen LogP contribution in [0.15, 0.2) is 5.16 Å². The van der Waals surface area contributed by atoms with Crippen molar-refractivity contribution in [1.82, 2.24) is 14.8 Å². The van der Waals surface area contributed by atoms with E-state index in [1.165, 1.54) is 37.4 Å². The summed E-state index contributed by atoms with van der Waals surface area (Å²) in [4.78, 5) is 10.6. The summed E-state index contributed by atoms with van der Waals surface area (Å²) < 4.78 is 2.16. The summed E-state index contributed by atoms with van der Waals surface area (Å²) in [5.41, 5.74) is 0. The SMILES string of the molecule is CCCCCc1nnc(SCC(=O)O)n1C1CC1. The van der Waals surface area contributed by atoms with E-state index in [9.17, 15) is 4.79 Å². The average Bonchev–Trinajstić information content (AvgIpc) is 3.09. The number of carboxylic acids is 1. The molecular weight excluding hydrogens is 250 g/mol. The Kier molecular flexibility index (Phi) is 4.63. The third-order valence-corrected chi connectivity index (χ3v) is 3.90. The zero-order valence-corrected chi connectivity index (χ0v) is 11.4. The summed E-state index contributed by atoms with van der Waals surface area (Å²) in [6.45, 7) is 2.18. The Labute approximate surface area is 111 Å². The summed E-state index contributed by atoms with van der Waals surface area (Å²) >= 11 is 1.27. The van der Waals surface area contributed by atoms with Crippen LogP contribution in [-0.4, -0.2) is 31.6 Å². The first-order valence-corrected chi connectivity index (χ1v) is 7.49. The van der Waals surface area contributed by atoms with Gasteiger partial charge in [-0.25, -0.2) is 0 Å². The topological polar surface area (TPSA) is 68.0 Å². The van der Waals surface area contributed by atoms with E-state index in [1.54, 1.807) is 0 Å². The van der Waals surface area contributed by atoms with E-state index in [0.29, 0.717) is 6.04 Å². The van der Waals surface area contributed by atoms with Gasteiger partial charge in [0, 0.05) is 12.5 Å². The highest BCUT2D eigenvalue weighted by Gasteiger charge is 2.29. The fourth-order valence-corrected chi connectivity index (χ4v) is 2.68. The van der Waals surface area contributed by atoms with Crippen LogP contribution >= 0.6 is 11.8 Å². The lowest BCUT2D eigenvalue weighted by Crippen LogP contribution is -2.05. The van der Waals surface area contributed by atoms with Crippen LogP contribution in [0.5, 0.6) is 0 Å². The van der Waals surface area contributed by atoms with Gasteiger partial charge in [0.25, 0.3) is 0 Å². The van der Waals surface area contributed by atoms with Gasteiger partial charge in [0.05, 0.1) is 5.75 Å². The third-order valence-electron chi connectivity index (χ3n) is 2.98. The van der Waals surface area contributed by atoms with E-state index in [-0.39, 0.29) is 5.75 Å². The van der Waals surface area contributed by atoms with Crippen LogP contribution in [0.3, 0.4) is 0 Å². The molecule has 1 N–H and O–H groups in total. The third kappa shape index (κ3) is 3.48. The molecule has 0 atom stereocenters. The molecule has 1 aliphatic carbocycles. The van der Waals surface area contributed by atoms with Crippen LogP contribution in [0.4, 0.5) is 0 Å². The molecule has 0 radical (unpaired) electrons. The zero-order chi connectivity index (χ0) is 13.0. The van der Waals surface area contributed by atoms with Gasteiger partial charge in [-0.2, -0.15) is 0 Å². The van der Waals surface area contributed by atoms with E-state index in [1.807, 2.05) is 0 Å². The van der Waals surface area contributed by atoms with Crippen LogP contribution in [0.1, 0.15) is 50.9 Å². The maximum Gasteiger partial charge on any atom is 0.313 e. The number of carboxylic acid groups (broad SMARTS) is 1. The van der Waals surface area contributed by atoms with Crippen molar-refractivity contribution < 1.29 is 9.90 Å². The van der Waals surface area contributed by atoms with Gasteiger partial charge in [-0.3, -0.25) is 4.79 Å². The van der Waals surface area contributed by atoms with Crippen molar-refractivity contribution in [3.63, 3.8) is 0 Å². The lowest BCUT2D eigenvalue weighted by atomic mass is 10.2. The highest BCUT2D eigenvalue weighted by molar-refractivity contribution is 7.99. The molecule has 0 saturated heterocycles. The molecule has 1 heterocycles. The highest BCUT2D eigenvalue weighted by Crippen LogP contribution is 2.38. The maximum absolute atomic E-state index is 10.6. The molecule has 2 rings (SSSR count). The molecule has 1 aromatic heterocycles. The number of aromatic nitrogens is 3. The summed E-state index contributed by atoms with van der Waals surface area (Å²) in [7, 11) is 0. The van der Waals surface area contributed by atoms with Gasteiger partial charge in [0.2, 0.25) is 0 Å². The van der Waals surface area contributed by atoms with Crippen molar-refractivity contribution in [2.75, 3.05) is 5.75 Å². The number of unbranched alkanes of at least 4 members (excludes halogenated alkanes) is 2. The number of aliphatic carboxylic acids is 1. The minimum absolute atomic E-state index is 0.0554. The molecule has 0 bridgehead atoms. The van der Waals surface area contributed by atoms with Gasteiger partial charge in [-0.15, -0.1) is 10.2 Å². The van der Waals surface area contributed by atoms with Gasteiger partial charge >= 0.3 is 5.97 Å². The van der Waals surface area contributed by atoms with Gasteiger partial charge in [0.1, 0.15) is 5.82 Å². The second-order valence-corrected chi connectivity index (χ2v) is 5.58. The number of rotatable bonds is 8. The van der Waals surface area contributed by atoms with Crippen molar-refractivity contribution >= 4 is 17.7 Å². The van der Waals surface area contributed by atoms with Gasteiger partial charge < -0.3 is 9.67 Å². The Balaban J connectivity index is 2.02. The average molecular weight is 269 g/mol. The molecule has 0 aliphatic heterocycles. The monoisotopic (exact) mass is 269 g/mol. The molecule has 0 unspecified atom stereocenters. The van der Waals surface area contributed by atoms with Gasteiger partial charge in [-0.1, -0.05) is 31.5 Å². The summed E-state index contributed by atoms with van der Waals surface area (Å²) in [6, 6.07) is 0.507. The molecule has 100 valence electrons. The highest BCUT2D eigenvalue weighted by atomic mass is 32.2. The molecule has 18 heavy (non-hydrogen) atoms. The molecule has 0 amide bonds. The number of hydrogen-bond donors (Lipinski definition) is 1. The van der Waals surface area contributed by atoms with Crippen LogP contribution < -0.4 is 0 Å². The Bertz CT molecular complexity index is 415. The minimum atomic E-state index is -0.808. The Morgan fingerprint density at radius 1 is 1.44 bits per heavy atom. The first-order chi connectivity index (χ1) is 8.72. The first-order valence-electron chi connectivity index (χ1n) is 6.50. The summed E-state index contributed by atoms with van der Waals surface area (Å²) in [5, 5.41) is 17.9. The zero-order valence-electron chi connectivity index (χ0n) is 10.6. The number of thioether (sulfide) groups is 1. The van der Waals surface area contributed by atoms with Crippen molar-refractivity contribution in [2.24, 2.45) is 0 Å². The van der Waals surface area contributed by atoms with Crippen LogP contribution in [0.25, 0.3) is 0 Å². The normalized spacial score (nSPS) is 14.9. The van der Waals surface area contributed by atoms with E-state index in [0.717, 1.165) is 23.8 Å². The fourth-order valence-electron chi connectivity index (χ4n) is 1.94. The maximum atomic E-state index is 10.6. The molecule has 5 nitrogen and oxygen atoms in total. The van der Waals surface area contributed by atoms with E-state index in [4.69, 9.17) is 5.11 Å².